The molecular formula is C25H34N2O4S. The van der Waals surface area contributed by atoms with E-state index in [1.54, 1.807) is 11.0 Å². The SMILES string of the molecule is COc1ccc(S(=O)(=O)N[C@@H](C)c2ccc(C(C)(C)C)cc2)cc1C(=O)N1CCCCC1. The van der Waals surface area contributed by atoms with Crippen LogP contribution in [0.5, 0.6) is 5.75 Å². The lowest BCUT2D eigenvalue weighted by Crippen LogP contribution is -2.36. The van der Waals surface area contributed by atoms with E-state index in [-0.39, 0.29) is 21.8 Å². The maximum atomic E-state index is 13.1. The van der Waals surface area contributed by atoms with Crippen molar-refractivity contribution in [1.29, 1.82) is 0 Å². The number of hydrogen-bond donors (Lipinski definition) is 1. The van der Waals surface area contributed by atoms with Crippen LogP contribution in [0.3, 0.4) is 0 Å². The summed E-state index contributed by atoms with van der Waals surface area (Å²) in [7, 11) is -2.35. The van der Waals surface area contributed by atoms with Gasteiger partial charge in [-0.1, -0.05) is 45.0 Å². The Bertz CT molecular complexity index is 1050. The van der Waals surface area contributed by atoms with E-state index in [1.807, 2.05) is 31.2 Å². The number of carbonyl (C=O) groups is 1. The second-order valence-corrected chi connectivity index (χ2v) is 11.1. The molecule has 6 nitrogen and oxygen atoms in total. The molecule has 1 saturated heterocycles. The molecule has 0 aromatic heterocycles. The molecule has 2 aromatic carbocycles. The molecule has 0 radical (unpaired) electrons. The van der Waals surface area contributed by atoms with Crippen LogP contribution in [0.1, 0.15) is 74.5 Å². The van der Waals surface area contributed by atoms with Crippen LogP contribution in [0.15, 0.2) is 47.4 Å². The van der Waals surface area contributed by atoms with Crippen molar-refractivity contribution in [2.24, 2.45) is 0 Å². The first-order valence-corrected chi connectivity index (χ1v) is 12.6. The molecule has 1 N–H and O–H groups in total. The van der Waals surface area contributed by atoms with Gasteiger partial charge in [-0.15, -0.1) is 0 Å². The van der Waals surface area contributed by atoms with Crippen LogP contribution in [0.2, 0.25) is 0 Å². The molecule has 1 aliphatic heterocycles. The minimum absolute atomic E-state index is 0.0294. The van der Waals surface area contributed by atoms with E-state index in [4.69, 9.17) is 4.74 Å². The molecule has 1 amide bonds. The van der Waals surface area contributed by atoms with E-state index in [0.29, 0.717) is 18.8 Å². The predicted molar refractivity (Wildman–Crippen MR) is 127 cm³/mol. The maximum absolute atomic E-state index is 13.1. The number of amides is 1. The van der Waals surface area contributed by atoms with Crippen LogP contribution in [-0.2, 0) is 15.4 Å². The highest BCUT2D eigenvalue weighted by atomic mass is 32.2. The van der Waals surface area contributed by atoms with Crippen molar-refractivity contribution in [2.75, 3.05) is 20.2 Å². The summed E-state index contributed by atoms with van der Waals surface area (Å²) in [6.45, 7) is 9.59. The van der Waals surface area contributed by atoms with E-state index in [1.165, 1.54) is 24.8 Å². The fourth-order valence-electron chi connectivity index (χ4n) is 3.93. The highest BCUT2D eigenvalue weighted by molar-refractivity contribution is 7.89. The smallest absolute Gasteiger partial charge is 0.257 e. The lowest BCUT2D eigenvalue weighted by atomic mass is 9.86. The molecule has 1 heterocycles. The lowest BCUT2D eigenvalue weighted by molar-refractivity contribution is 0.0720. The molecule has 2 aromatic rings. The summed E-state index contributed by atoms with van der Waals surface area (Å²) in [6, 6.07) is 12.0. The number of ether oxygens (including phenoxy) is 1. The monoisotopic (exact) mass is 458 g/mol. The maximum Gasteiger partial charge on any atom is 0.257 e. The van der Waals surface area contributed by atoms with Crippen molar-refractivity contribution in [3.63, 3.8) is 0 Å². The van der Waals surface area contributed by atoms with Crippen molar-refractivity contribution in [3.8, 4) is 5.75 Å². The van der Waals surface area contributed by atoms with Crippen LogP contribution in [0.25, 0.3) is 0 Å². The van der Waals surface area contributed by atoms with Crippen LogP contribution < -0.4 is 9.46 Å². The summed E-state index contributed by atoms with van der Waals surface area (Å²) in [5.41, 5.74) is 2.37. The van der Waals surface area contributed by atoms with Crippen LogP contribution in [0.4, 0.5) is 0 Å². The van der Waals surface area contributed by atoms with Gasteiger partial charge in [-0.3, -0.25) is 4.79 Å². The molecular weight excluding hydrogens is 424 g/mol. The molecule has 0 unspecified atom stereocenters. The third-order valence-corrected chi connectivity index (χ3v) is 7.50. The Morgan fingerprint density at radius 1 is 1.03 bits per heavy atom. The van der Waals surface area contributed by atoms with Crippen molar-refractivity contribution >= 4 is 15.9 Å². The molecule has 174 valence electrons. The molecule has 0 saturated carbocycles. The summed E-state index contributed by atoms with van der Waals surface area (Å²) in [4.78, 5) is 14.9. The third kappa shape index (κ3) is 5.51. The fourth-order valence-corrected chi connectivity index (χ4v) is 5.19. The molecule has 3 rings (SSSR count). The van der Waals surface area contributed by atoms with Crippen molar-refractivity contribution in [2.45, 2.75) is 63.3 Å². The number of nitrogens with one attached hydrogen (secondary N) is 1. The largest absolute Gasteiger partial charge is 0.496 e. The molecule has 0 bridgehead atoms. The topological polar surface area (TPSA) is 75.7 Å². The lowest BCUT2D eigenvalue weighted by Gasteiger charge is -2.27. The first-order chi connectivity index (χ1) is 15.0. The van der Waals surface area contributed by atoms with Crippen molar-refractivity contribution < 1.29 is 17.9 Å². The van der Waals surface area contributed by atoms with Gasteiger partial charge in [-0.05, 0) is 60.9 Å². The molecule has 7 heteroatoms. The standard InChI is InChI=1S/C25H34N2O4S/c1-18(19-9-11-20(12-10-19)25(2,3)4)26-32(29,30)21-13-14-23(31-5)22(17-21)24(28)27-15-7-6-8-16-27/h9-14,17-18,26H,6-8,15-16H2,1-5H3/t18-/m0/s1. The van der Waals surface area contributed by atoms with E-state index < -0.39 is 16.1 Å². The van der Waals surface area contributed by atoms with Gasteiger partial charge in [0.2, 0.25) is 10.0 Å². The second kappa shape index (κ2) is 9.63. The van der Waals surface area contributed by atoms with E-state index in [2.05, 4.69) is 25.5 Å². The van der Waals surface area contributed by atoms with E-state index >= 15 is 0 Å². The minimum Gasteiger partial charge on any atom is -0.496 e. The van der Waals surface area contributed by atoms with Gasteiger partial charge in [0.1, 0.15) is 5.75 Å². The van der Waals surface area contributed by atoms with Crippen LogP contribution in [-0.4, -0.2) is 39.4 Å². The molecule has 1 aliphatic rings. The van der Waals surface area contributed by atoms with E-state index in [0.717, 1.165) is 24.8 Å². The number of methoxy groups -OCH3 is 1. The number of benzene rings is 2. The Labute approximate surface area is 192 Å². The quantitative estimate of drug-likeness (QED) is 0.683. The number of carbonyl (C=O) groups excluding carboxylic acids is 1. The Morgan fingerprint density at radius 3 is 2.22 bits per heavy atom. The zero-order valence-corrected chi connectivity index (χ0v) is 20.5. The normalized spacial score (nSPS) is 16.0. The Kier molecular flexibility index (Phi) is 7.30. The van der Waals surface area contributed by atoms with E-state index in [9.17, 15) is 13.2 Å². The molecule has 1 atom stereocenters. The zero-order chi connectivity index (χ0) is 23.5. The molecule has 32 heavy (non-hydrogen) atoms. The predicted octanol–water partition coefficient (Wildman–Crippen LogP) is 4.66. The summed E-state index contributed by atoms with van der Waals surface area (Å²) >= 11 is 0. The average Bonchev–Trinajstić information content (AvgIpc) is 2.78. The second-order valence-electron chi connectivity index (χ2n) is 9.43. The first kappa shape index (κ1) is 24.3. The zero-order valence-electron chi connectivity index (χ0n) is 19.6. The summed E-state index contributed by atoms with van der Waals surface area (Å²) in [5, 5.41) is 0. The minimum atomic E-state index is -3.83. The van der Waals surface area contributed by atoms with Gasteiger partial charge in [-0.2, -0.15) is 0 Å². The average molecular weight is 459 g/mol. The number of rotatable bonds is 6. The van der Waals surface area contributed by atoms with Crippen molar-refractivity contribution in [3.05, 3.63) is 59.2 Å². The highest BCUT2D eigenvalue weighted by Crippen LogP contribution is 2.27. The van der Waals surface area contributed by atoms with Gasteiger partial charge in [-0.25, -0.2) is 13.1 Å². The van der Waals surface area contributed by atoms with Crippen molar-refractivity contribution in [1.82, 2.24) is 9.62 Å². The number of sulfonamides is 1. The Balaban J connectivity index is 1.83. The first-order valence-electron chi connectivity index (χ1n) is 11.1. The number of piperidine rings is 1. The van der Waals surface area contributed by atoms with Gasteiger partial charge >= 0.3 is 0 Å². The fraction of sp³-hybridized carbons (Fsp3) is 0.480. The summed E-state index contributed by atoms with van der Waals surface area (Å²) in [6.07, 6.45) is 3.02. The number of nitrogens with zero attached hydrogens (tertiary/aromatic N) is 1. The van der Waals surface area contributed by atoms with Crippen LogP contribution >= 0.6 is 0 Å². The molecule has 0 spiro atoms. The Hall–Kier alpha value is -2.38. The summed E-state index contributed by atoms with van der Waals surface area (Å²) < 4.78 is 34.3. The van der Waals surface area contributed by atoms with Gasteiger partial charge < -0.3 is 9.64 Å². The Morgan fingerprint density at radius 2 is 1.66 bits per heavy atom. The number of likely N-dealkylation sites (tertiary alicyclic amines) is 1. The van der Waals surface area contributed by atoms with Gasteiger partial charge in [0, 0.05) is 19.1 Å². The summed E-state index contributed by atoms with van der Waals surface area (Å²) in [5.74, 6) is 0.190. The highest BCUT2D eigenvalue weighted by Gasteiger charge is 2.25. The van der Waals surface area contributed by atoms with Gasteiger partial charge in [0.05, 0.1) is 17.6 Å². The van der Waals surface area contributed by atoms with Crippen LogP contribution in [0, 0.1) is 0 Å². The third-order valence-electron chi connectivity index (χ3n) is 5.96. The molecule has 0 aliphatic carbocycles. The molecule has 1 fully saturated rings. The van der Waals surface area contributed by atoms with Gasteiger partial charge in [0.25, 0.3) is 5.91 Å². The van der Waals surface area contributed by atoms with Gasteiger partial charge in [0.15, 0.2) is 0 Å². The number of hydrogen-bond acceptors (Lipinski definition) is 4.